The van der Waals surface area contributed by atoms with Crippen molar-refractivity contribution in [2.45, 2.75) is 20.3 Å². The van der Waals surface area contributed by atoms with E-state index >= 15 is 0 Å². The summed E-state index contributed by atoms with van der Waals surface area (Å²) in [5, 5.41) is 0. The first-order valence-corrected chi connectivity index (χ1v) is 5.54. The normalized spacial score (nSPS) is 8.00. The van der Waals surface area contributed by atoms with Crippen LogP contribution in [0.3, 0.4) is 0 Å². The summed E-state index contributed by atoms with van der Waals surface area (Å²) in [6.45, 7) is 5.75. The fourth-order valence-corrected chi connectivity index (χ4v) is 1.05. The van der Waals surface area contributed by atoms with Gasteiger partial charge in [0.15, 0.2) is 0 Å². The average molecular weight is 251 g/mol. The van der Waals surface area contributed by atoms with Crippen molar-refractivity contribution in [2.75, 3.05) is 14.1 Å². The van der Waals surface area contributed by atoms with Gasteiger partial charge in [0, 0.05) is 26.1 Å². The van der Waals surface area contributed by atoms with Crippen LogP contribution in [0.15, 0.2) is 24.3 Å². The summed E-state index contributed by atoms with van der Waals surface area (Å²) in [7, 11) is 3.52. The molecule has 1 aromatic carbocycles. The second-order valence-electron chi connectivity index (χ2n) is 3.59. The molecular formula is C14H21NO3. The van der Waals surface area contributed by atoms with Crippen LogP contribution in [-0.2, 0) is 9.59 Å². The highest BCUT2D eigenvalue weighted by molar-refractivity contribution is 5.95. The van der Waals surface area contributed by atoms with Crippen molar-refractivity contribution in [2.24, 2.45) is 0 Å². The van der Waals surface area contributed by atoms with Crippen LogP contribution in [0.4, 0.5) is 0 Å². The second kappa shape index (κ2) is 11.5. The average Bonchev–Trinajstić information content (AvgIpc) is 2.41. The minimum atomic E-state index is 0.0631. The van der Waals surface area contributed by atoms with Gasteiger partial charge >= 0.3 is 0 Å². The number of carbonyl (C=O) groups is 3. The van der Waals surface area contributed by atoms with Crippen molar-refractivity contribution in [3.05, 3.63) is 35.4 Å². The van der Waals surface area contributed by atoms with E-state index in [9.17, 15) is 9.59 Å². The van der Waals surface area contributed by atoms with E-state index in [-0.39, 0.29) is 5.91 Å². The van der Waals surface area contributed by atoms with Gasteiger partial charge in [-0.2, -0.15) is 0 Å². The highest BCUT2D eigenvalue weighted by atomic mass is 16.2. The van der Waals surface area contributed by atoms with E-state index < -0.39 is 0 Å². The number of hydrogen-bond donors (Lipinski definition) is 0. The van der Waals surface area contributed by atoms with Crippen LogP contribution in [0.5, 0.6) is 0 Å². The predicted octanol–water partition coefficient (Wildman–Crippen LogP) is 2.11. The summed E-state index contributed by atoms with van der Waals surface area (Å²) in [6, 6.07) is 7.60. The Hall–Kier alpha value is -1.97. The van der Waals surface area contributed by atoms with Crippen LogP contribution < -0.4 is 0 Å². The Morgan fingerprint density at radius 2 is 1.72 bits per heavy atom. The zero-order chi connectivity index (χ0) is 14.6. The summed E-state index contributed by atoms with van der Waals surface area (Å²) >= 11 is 0. The van der Waals surface area contributed by atoms with E-state index in [4.69, 9.17) is 4.79 Å². The third-order valence-corrected chi connectivity index (χ3v) is 1.95. The summed E-state index contributed by atoms with van der Waals surface area (Å²) < 4.78 is 0. The maximum absolute atomic E-state index is 11.5. The number of carbonyl (C=O) groups excluding carboxylic acids is 3. The quantitative estimate of drug-likeness (QED) is 0.756. The number of aryl methyl sites for hydroxylation is 1. The Bertz CT molecular complexity index is 362. The lowest BCUT2D eigenvalue weighted by molar-refractivity contribution is -0.107. The van der Waals surface area contributed by atoms with E-state index in [0.717, 1.165) is 17.4 Å². The van der Waals surface area contributed by atoms with Gasteiger partial charge in [0.2, 0.25) is 0 Å². The fraction of sp³-hybridized carbons (Fsp3) is 0.357. The highest BCUT2D eigenvalue weighted by Gasteiger charge is 2.08. The topological polar surface area (TPSA) is 54.5 Å². The van der Waals surface area contributed by atoms with Gasteiger partial charge in [-0.05, 0) is 18.6 Å². The van der Waals surface area contributed by atoms with E-state index in [1.807, 2.05) is 44.9 Å². The van der Waals surface area contributed by atoms with E-state index in [1.165, 1.54) is 0 Å². The van der Waals surface area contributed by atoms with Crippen molar-refractivity contribution in [3.63, 3.8) is 0 Å². The number of rotatable bonds is 2. The molecule has 0 saturated carbocycles. The van der Waals surface area contributed by atoms with Gasteiger partial charge < -0.3 is 14.5 Å². The lowest BCUT2D eigenvalue weighted by atomic mass is 10.1. The molecule has 0 atom stereocenters. The molecule has 100 valence electrons. The minimum Gasteiger partial charge on any atom is -0.345 e. The number of nitrogens with zero attached hydrogens (tertiary/aromatic N) is 1. The monoisotopic (exact) mass is 251 g/mol. The molecule has 0 N–H and O–H groups in total. The maximum atomic E-state index is 11.5. The van der Waals surface area contributed by atoms with Crippen molar-refractivity contribution in [1.29, 1.82) is 0 Å². The lowest BCUT2D eigenvalue weighted by Crippen LogP contribution is -2.22. The van der Waals surface area contributed by atoms with Crippen LogP contribution in [-0.4, -0.2) is 38.0 Å². The van der Waals surface area contributed by atoms with Gasteiger partial charge in [0.1, 0.15) is 13.1 Å². The van der Waals surface area contributed by atoms with Crippen LogP contribution in [0.25, 0.3) is 0 Å². The molecule has 0 aromatic heterocycles. The number of aldehydes is 1. The standard InChI is InChI=1S/C10H13NO.C3H6O.CH2O/c1-8-6-4-5-7-9(8)10(12)11(2)3;1-2-3-4;1-2/h4-7H,1-3H3;3H,2H2,1H3;1H2. The maximum Gasteiger partial charge on any atom is 0.253 e. The molecule has 0 bridgehead atoms. The number of hydrogen-bond acceptors (Lipinski definition) is 3. The Balaban J connectivity index is 0. The molecule has 0 unspecified atom stereocenters. The van der Waals surface area contributed by atoms with Crippen LogP contribution in [0.2, 0.25) is 0 Å². The van der Waals surface area contributed by atoms with Gasteiger partial charge in [-0.15, -0.1) is 0 Å². The molecular weight excluding hydrogens is 230 g/mol. The highest BCUT2D eigenvalue weighted by Crippen LogP contribution is 2.08. The second-order valence-corrected chi connectivity index (χ2v) is 3.59. The smallest absolute Gasteiger partial charge is 0.253 e. The third kappa shape index (κ3) is 7.33. The van der Waals surface area contributed by atoms with Crippen LogP contribution >= 0.6 is 0 Å². The van der Waals surface area contributed by atoms with Gasteiger partial charge in [-0.25, -0.2) is 0 Å². The Morgan fingerprint density at radius 1 is 1.28 bits per heavy atom. The van der Waals surface area contributed by atoms with Crippen molar-refractivity contribution in [3.8, 4) is 0 Å². The molecule has 0 aliphatic carbocycles. The van der Waals surface area contributed by atoms with E-state index in [0.29, 0.717) is 6.42 Å². The molecule has 0 aliphatic heterocycles. The van der Waals surface area contributed by atoms with Gasteiger partial charge in [-0.1, -0.05) is 25.1 Å². The molecule has 4 heteroatoms. The fourth-order valence-electron chi connectivity index (χ4n) is 1.05. The molecule has 1 amide bonds. The van der Waals surface area contributed by atoms with Gasteiger partial charge in [0.05, 0.1) is 0 Å². The molecule has 1 rings (SSSR count). The van der Waals surface area contributed by atoms with E-state index in [2.05, 4.69) is 0 Å². The summed E-state index contributed by atoms with van der Waals surface area (Å²) in [5.41, 5.74) is 1.80. The molecule has 0 aliphatic rings. The minimum absolute atomic E-state index is 0.0631. The molecule has 0 spiro atoms. The zero-order valence-corrected chi connectivity index (χ0v) is 11.5. The summed E-state index contributed by atoms with van der Waals surface area (Å²) in [6.07, 6.45) is 1.51. The molecule has 0 saturated heterocycles. The first-order chi connectivity index (χ1) is 8.54. The molecule has 0 heterocycles. The Morgan fingerprint density at radius 3 is 2.06 bits per heavy atom. The first kappa shape index (κ1) is 18.4. The number of amides is 1. The Kier molecular flexibility index (Phi) is 11.8. The SMILES string of the molecule is C=O.CCC=O.Cc1ccccc1C(=O)N(C)C. The molecule has 4 nitrogen and oxygen atoms in total. The first-order valence-electron chi connectivity index (χ1n) is 5.54. The van der Waals surface area contributed by atoms with Crippen molar-refractivity contribution >= 4 is 19.0 Å². The largest absolute Gasteiger partial charge is 0.345 e. The molecule has 0 radical (unpaired) electrons. The van der Waals surface area contributed by atoms with Gasteiger partial charge in [-0.3, -0.25) is 4.79 Å². The van der Waals surface area contributed by atoms with Crippen molar-refractivity contribution in [1.82, 2.24) is 4.90 Å². The van der Waals surface area contributed by atoms with Gasteiger partial charge in [0.25, 0.3) is 5.91 Å². The number of benzene rings is 1. The molecule has 18 heavy (non-hydrogen) atoms. The molecule has 1 aromatic rings. The summed E-state index contributed by atoms with van der Waals surface area (Å²) in [4.78, 5) is 30.3. The van der Waals surface area contributed by atoms with Crippen molar-refractivity contribution < 1.29 is 14.4 Å². The van der Waals surface area contributed by atoms with Crippen LogP contribution in [0, 0.1) is 6.92 Å². The molecule has 0 fully saturated rings. The van der Waals surface area contributed by atoms with E-state index in [1.54, 1.807) is 19.0 Å². The third-order valence-electron chi connectivity index (χ3n) is 1.95. The summed E-state index contributed by atoms with van der Waals surface area (Å²) in [5.74, 6) is 0.0631. The lowest BCUT2D eigenvalue weighted by Gasteiger charge is -2.11. The predicted molar refractivity (Wildman–Crippen MR) is 72.7 cm³/mol. The zero-order valence-electron chi connectivity index (χ0n) is 11.5. The van der Waals surface area contributed by atoms with Crippen LogP contribution in [0.1, 0.15) is 29.3 Å². The Labute approximate surface area is 109 Å².